The van der Waals surface area contributed by atoms with E-state index in [1.165, 1.54) is 9.13 Å². The Morgan fingerprint density at radius 1 is 1.17 bits per heavy atom. The number of aromatic nitrogens is 2. The molecule has 1 unspecified atom stereocenters. The first-order valence-electron chi connectivity index (χ1n) is 10.1. The second kappa shape index (κ2) is 7.00. The summed E-state index contributed by atoms with van der Waals surface area (Å²) in [6, 6.07) is 3.07. The van der Waals surface area contributed by atoms with Crippen LogP contribution in [0.2, 0.25) is 0 Å². The van der Waals surface area contributed by atoms with Gasteiger partial charge in [-0.1, -0.05) is 6.07 Å². The number of amides is 3. The molecule has 1 aromatic carbocycles. The fourth-order valence-corrected chi connectivity index (χ4v) is 4.24. The van der Waals surface area contributed by atoms with Gasteiger partial charge in [-0.05, 0) is 45.2 Å². The molecule has 1 saturated heterocycles. The van der Waals surface area contributed by atoms with Gasteiger partial charge < -0.3 is 9.64 Å². The van der Waals surface area contributed by atoms with Crippen LogP contribution in [0.3, 0.4) is 0 Å². The van der Waals surface area contributed by atoms with Crippen molar-refractivity contribution in [1.29, 1.82) is 0 Å². The Hall–Kier alpha value is -3.10. The molecule has 9 nitrogen and oxygen atoms in total. The fraction of sp³-hybridized carbons (Fsp3) is 0.524. The molecule has 3 heterocycles. The Morgan fingerprint density at radius 3 is 2.57 bits per heavy atom. The molecule has 3 amide bonds. The number of fused-ring (bicyclic) bond motifs is 3. The molecule has 1 fully saturated rings. The van der Waals surface area contributed by atoms with Crippen molar-refractivity contribution in [2.45, 2.75) is 58.2 Å². The molecular weight excluding hydrogens is 388 g/mol. The lowest BCUT2D eigenvalue weighted by Crippen LogP contribution is -2.44. The van der Waals surface area contributed by atoms with Crippen molar-refractivity contribution in [2.24, 2.45) is 7.05 Å². The maximum absolute atomic E-state index is 13.1. The van der Waals surface area contributed by atoms with Gasteiger partial charge in [0.2, 0.25) is 11.8 Å². The molecule has 4 rings (SSSR count). The van der Waals surface area contributed by atoms with Gasteiger partial charge in [0.1, 0.15) is 11.6 Å². The van der Waals surface area contributed by atoms with Crippen LogP contribution in [-0.2, 0) is 34.3 Å². The van der Waals surface area contributed by atoms with Crippen LogP contribution in [0.25, 0.3) is 11.0 Å². The lowest BCUT2D eigenvalue weighted by molar-refractivity contribution is -0.135. The minimum absolute atomic E-state index is 0.191. The van der Waals surface area contributed by atoms with Crippen molar-refractivity contribution < 1.29 is 19.1 Å². The molecule has 9 heteroatoms. The number of nitrogens with one attached hydrogen (secondary N) is 1. The van der Waals surface area contributed by atoms with E-state index in [1.54, 1.807) is 11.9 Å². The van der Waals surface area contributed by atoms with Crippen LogP contribution in [-0.4, -0.2) is 44.1 Å². The number of aryl methyl sites for hydroxylation is 1. The Morgan fingerprint density at radius 2 is 1.90 bits per heavy atom. The van der Waals surface area contributed by atoms with E-state index in [-0.39, 0.29) is 30.5 Å². The second-order valence-corrected chi connectivity index (χ2v) is 8.90. The van der Waals surface area contributed by atoms with Crippen LogP contribution < -0.4 is 11.0 Å². The standard InChI is InChI=1S/C21H26N4O5/c1-21(2,3)30-20(29)24-10-9-12-5-6-14-17(13(12)11-24)23(4)19(28)25(14)15-7-8-16(26)22-18(15)27/h5-6,15H,7-11H2,1-4H3,(H,22,26,27). The number of carbonyl (C=O) groups excluding carboxylic acids is 3. The van der Waals surface area contributed by atoms with Crippen LogP contribution in [0.1, 0.15) is 50.8 Å². The van der Waals surface area contributed by atoms with Gasteiger partial charge in [-0.3, -0.25) is 24.0 Å². The van der Waals surface area contributed by atoms with Crippen LogP contribution in [0.5, 0.6) is 0 Å². The zero-order valence-corrected chi connectivity index (χ0v) is 17.7. The molecular formula is C21H26N4O5. The second-order valence-electron chi connectivity index (χ2n) is 8.90. The number of ether oxygens (including phenoxy) is 1. The van der Waals surface area contributed by atoms with E-state index < -0.39 is 17.6 Å². The predicted octanol–water partition coefficient (Wildman–Crippen LogP) is 1.61. The van der Waals surface area contributed by atoms with E-state index in [4.69, 9.17) is 4.74 Å². The van der Waals surface area contributed by atoms with Crippen LogP contribution >= 0.6 is 0 Å². The Kier molecular flexibility index (Phi) is 4.71. The summed E-state index contributed by atoms with van der Waals surface area (Å²) in [6.07, 6.45) is 0.740. The van der Waals surface area contributed by atoms with E-state index in [0.29, 0.717) is 30.5 Å². The van der Waals surface area contributed by atoms with Gasteiger partial charge in [0.25, 0.3) is 0 Å². The van der Waals surface area contributed by atoms with Gasteiger partial charge in [-0.15, -0.1) is 0 Å². The highest BCUT2D eigenvalue weighted by molar-refractivity contribution is 6.00. The highest BCUT2D eigenvalue weighted by Gasteiger charge is 2.33. The third kappa shape index (κ3) is 3.38. The molecule has 2 aliphatic rings. The Balaban J connectivity index is 1.77. The van der Waals surface area contributed by atoms with Crippen molar-refractivity contribution in [1.82, 2.24) is 19.4 Å². The molecule has 2 aromatic rings. The average Bonchev–Trinajstić information content (AvgIpc) is 2.91. The number of piperidine rings is 1. The van der Waals surface area contributed by atoms with E-state index in [2.05, 4.69) is 5.32 Å². The SMILES string of the molecule is Cn1c(=O)n(C2CCC(=O)NC2=O)c2ccc3c(c21)CN(C(=O)OC(C)(C)C)CC3. The third-order valence-electron chi connectivity index (χ3n) is 5.62. The van der Waals surface area contributed by atoms with Crippen LogP contribution in [0, 0.1) is 0 Å². The van der Waals surface area contributed by atoms with Gasteiger partial charge in [0.15, 0.2) is 0 Å². The van der Waals surface area contributed by atoms with Crippen molar-refractivity contribution in [2.75, 3.05) is 6.54 Å². The predicted molar refractivity (Wildman–Crippen MR) is 109 cm³/mol. The summed E-state index contributed by atoms with van der Waals surface area (Å²) < 4.78 is 8.50. The summed E-state index contributed by atoms with van der Waals surface area (Å²) >= 11 is 0. The van der Waals surface area contributed by atoms with E-state index in [1.807, 2.05) is 32.9 Å². The van der Waals surface area contributed by atoms with Crippen LogP contribution in [0.4, 0.5) is 4.79 Å². The molecule has 2 aliphatic heterocycles. The molecule has 0 radical (unpaired) electrons. The van der Waals surface area contributed by atoms with E-state index in [0.717, 1.165) is 11.1 Å². The van der Waals surface area contributed by atoms with E-state index >= 15 is 0 Å². The molecule has 1 atom stereocenters. The zero-order chi connectivity index (χ0) is 21.8. The number of carbonyl (C=O) groups is 3. The molecule has 0 spiro atoms. The molecule has 0 aliphatic carbocycles. The number of hydrogen-bond donors (Lipinski definition) is 1. The van der Waals surface area contributed by atoms with Crippen LogP contribution in [0.15, 0.2) is 16.9 Å². The fourth-order valence-electron chi connectivity index (χ4n) is 4.24. The molecule has 1 N–H and O–H groups in total. The Labute approximate surface area is 173 Å². The lowest BCUT2D eigenvalue weighted by atomic mass is 9.98. The molecule has 1 aromatic heterocycles. The first kappa shape index (κ1) is 20.2. The van der Waals surface area contributed by atoms with Gasteiger partial charge in [-0.2, -0.15) is 0 Å². The molecule has 0 saturated carbocycles. The maximum atomic E-state index is 13.1. The normalized spacial score (nSPS) is 19.6. The molecule has 160 valence electrons. The highest BCUT2D eigenvalue weighted by Crippen LogP contribution is 2.30. The maximum Gasteiger partial charge on any atom is 0.410 e. The molecule has 30 heavy (non-hydrogen) atoms. The molecule has 0 bridgehead atoms. The smallest absolute Gasteiger partial charge is 0.410 e. The number of imide groups is 1. The lowest BCUT2D eigenvalue weighted by Gasteiger charge is -2.31. The number of benzene rings is 1. The number of hydrogen-bond acceptors (Lipinski definition) is 5. The number of imidazole rings is 1. The van der Waals surface area contributed by atoms with Gasteiger partial charge in [0.05, 0.1) is 17.6 Å². The first-order valence-corrected chi connectivity index (χ1v) is 10.1. The summed E-state index contributed by atoms with van der Waals surface area (Å²) in [5, 5.41) is 2.32. The first-order chi connectivity index (χ1) is 14.1. The summed E-state index contributed by atoms with van der Waals surface area (Å²) in [7, 11) is 1.67. The summed E-state index contributed by atoms with van der Waals surface area (Å²) in [5.41, 5.74) is 2.37. The van der Waals surface area contributed by atoms with Crippen molar-refractivity contribution >= 4 is 28.9 Å². The highest BCUT2D eigenvalue weighted by atomic mass is 16.6. The summed E-state index contributed by atoms with van der Waals surface area (Å²) in [4.78, 5) is 51.2. The van der Waals surface area contributed by atoms with Crippen molar-refractivity contribution in [3.8, 4) is 0 Å². The average molecular weight is 414 g/mol. The summed E-state index contributed by atoms with van der Waals surface area (Å²) in [6.45, 7) is 6.34. The summed E-state index contributed by atoms with van der Waals surface area (Å²) in [5.74, 6) is -0.788. The quantitative estimate of drug-likeness (QED) is 0.715. The van der Waals surface area contributed by atoms with Gasteiger partial charge in [0, 0.05) is 25.6 Å². The topological polar surface area (TPSA) is 103 Å². The van der Waals surface area contributed by atoms with Gasteiger partial charge in [-0.25, -0.2) is 9.59 Å². The van der Waals surface area contributed by atoms with Crippen molar-refractivity contribution in [3.63, 3.8) is 0 Å². The Bertz CT molecular complexity index is 1120. The minimum Gasteiger partial charge on any atom is -0.444 e. The monoisotopic (exact) mass is 414 g/mol. The minimum atomic E-state index is -0.734. The van der Waals surface area contributed by atoms with Crippen molar-refractivity contribution in [3.05, 3.63) is 33.7 Å². The van der Waals surface area contributed by atoms with E-state index in [9.17, 15) is 19.2 Å². The zero-order valence-electron chi connectivity index (χ0n) is 17.7. The van der Waals surface area contributed by atoms with Gasteiger partial charge >= 0.3 is 11.8 Å². The number of nitrogens with zero attached hydrogens (tertiary/aromatic N) is 3. The number of rotatable bonds is 1. The largest absolute Gasteiger partial charge is 0.444 e. The third-order valence-corrected chi connectivity index (χ3v) is 5.62.